The van der Waals surface area contributed by atoms with E-state index in [2.05, 4.69) is 43.0 Å². The monoisotopic (exact) mass is 604 g/mol. The summed E-state index contributed by atoms with van der Waals surface area (Å²) in [6.07, 6.45) is 13.7. The van der Waals surface area contributed by atoms with E-state index in [1.54, 1.807) is 0 Å². The lowest BCUT2D eigenvalue weighted by molar-refractivity contribution is -0.214. The standard InChI is InChI=1S/C40H48N2O3/c1-25-18-34-35(42(22-25)23-26-8-11-30(12-9-26)44-29-6-4-3-5-7-29)33-21-38-24-37(38)20-32-31(39(37,41)16-17-40(33,38)45-34)13-10-27-19-28(43)14-15-36(27,32)2/h3-9,11-12,19,25,31-35H,10,13-18,20-24,41H2,1-2H3/t25-,31+,32-,33+,34+,35-,36-,37?,38?,39+,40+/m0/s1. The Kier molecular flexibility index (Phi) is 5.47. The lowest BCUT2D eigenvalue weighted by atomic mass is 9.46. The fraction of sp³-hybridized carbons (Fsp3) is 0.625. The Morgan fingerprint density at radius 3 is 2.53 bits per heavy atom. The van der Waals surface area contributed by atoms with E-state index in [0.717, 1.165) is 50.3 Å². The molecule has 2 heterocycles. The lowest BCUT2D eigenvalue weighted by Crippen LogP contribution is -2.69. The number of fused-ring (bicyclic) bond motifs is 6. The first-order chi connectivity index (χ1) is 21.7. The second-order valence-corrected chi connectivity index (χ2v) is 17.1. The molecule has 45 heavy (non-hydrogen) atoms. The van der Waals surface area contributed by atoms with Gasteiger partial charge in [0.15, 0.2) is 5.78 Å². The van der Waals surface area contributed by atoms with E-state index in [-0.39, 0.29) is 27.4 Å². The maximum atomic E-state index is 12.4. The molecule has 2 N–H and O–H groups in total. The molecule has 2 aliphatic heterocycles. The molecule has 6 aliphatic carbocycles. The van der Waals surface area contributed by atoms with Gasteiger partial charge in [-0.1, -0.05) is 49.8 Å². The average Bonchev–Trinajstić information content (AvgIpc) is 3.57. The van der Waals surface area contributed by atoms with Crippen LogP contribution in [0, 0.1) is 39.9 Å². The number of ether oxygens (including phenoxy) is 2. The van der Waals surface area contributed by atoms with Crippen molar-refractivity contribution >= 4 is 5.78 Å². The van der Waals surface area contributed by atoms with Crippen LogP contribution in [-0.4, -0.2) is 40.5 Å². The maximum absolute atomic E-state index is 12.4. The highest BCUT2D eigenvalue weighted by Gasteiger charge is 2.94. The van der Waals surface area contributed by atoms with E-state index in [0.29, 0.717) is 48.0 Å². The van der Waals surface area contributed by atoms with Crippen LogP contribution in [0.25, 0.3) is 0 Å². The zero-order valence-corrected chi connectivity index (χ0v) is 27.0. The molecule has 2 aromatic carbocycles. The molecule has 0 bridgehead atoms. The molecule has 3 spiro atoms. The molecule has 0 radical (unpaired) electrons. The Bertz CT molecular complexity index is 1600. The van der Waals surface area contributed by atoms with Gasteiger partial charge in [-0.3, -0.25) is 9.69 Å². The molecule has 5 saturated carbocycles. The van der Waals surface area contributed by atoms with E-state index < -0.39 is 0 Å². The fourth-order valence-electron chi connectivity index (χ4n) is 13.6. The second-order valence-electron chi connectivity index (χ2n) is 17.1. The number of allylic oxidation sites excluding steroid dienone is 2. The second kappa shape index (κ2) is 8.90. The number of carbonyl (C=O) groups is 1. The number of para-hydroxylation sites is 1. The summed E-state index contributed by atoms with van der Waals surface area (Å²) in [4.78, 5) is 15.2. The van der Waals surface area contributed by atoms with Crippen molar-refractivity contribution in [3.8, 4) is 11.5 Å². The number of hydrogen-bond acceptors (Lipinski definition) is 5. The summed E-state index contributed by atoms with van der Waals surface area (Å²) in [7, 11) is 0. The first-order valence-electron chi connectivity index (χ1n) is 18.0. The number of piperidine rings is 1. The third-order valence-electron chi connectivity index (χ3n) is 15.4. The SMILES string of the molecule is C[C@H]1C[C@H]2O[C@@]34CC[C@@]5(N)[C@@H]6CCC7=CC(=O)CC[C@]7(C)[C@H]6CC56CC63C[C@@H]4[C@@H]2N(Cc2ccc(Oc3ccccc3)cc2)C1. The van der Waals surface area contributed by atoms with Gasteiger partial charge >= 0.3 is 0 Å². The summed E-state index contributed by atoms with van der Waals surface area (Å²) in [6.45, 7) is 7.04. The molecule has 8 aliphatic rings. The van der Waals surface area contributed by atoms with Crippen LogP contribution in [0.1, 0.15) is 83.6 Å². The molecule has 5 heteroatoms. The zero-order chi connectivity index (χ0) is 30.4. The van der Waals surface area contributed by atoms with Crippen LogP contribution < -0.4 is 10.5 Å². The smallest absolute Gasteiger partial charge is 0.155 e. The summed E-state index contributed by atoms with van der Waals surface area (Å²) in [5, 5.41) is 0. The maximum Gasteiger partial charge on any atom is 0.155 e. The normalized spacial score (nSPS) is 48.8. The lowest BCUT2D eigenvalue weighted by Gasteiger charge is -2.62. The van der Waals surface area contributed by atoms with Crippen LogP contribution in [0.15, 0.2) is 66.2 Å². The van der Waals surface area contributed by atoms with Crippen LogP contribution >= 0.6 is 0 Å². The van der Waals surface area contributed by atoms with E-state index in [4.69, 9.17) is 15.2 Å². The quantitative estimate of drug-likeness (QED) is 0.393. The van der Waals surface area contributed by atoms with E-state index in [1.807, 2.05) is 36.4 Å². The van der Waals surface area contributed by atoms with Crippen molar-refractivity contribution in [2.75, 3.05) is 6.54 Å². The summed E-state index contributed by atoms with van der Waals surface area (Å²) >= 11 is 0. The molecule has 2 saturated heterocycles. The fourth-order valence-corrected chi connectivity index (χ4v) is 13.6. The van der Waals surface area contributed by atoms with Gasteiger partial charge in [-0.25, -0.2) is 0 Å². The molecule has 5 nitrogen and oxygen atoms in total. The first-order valence-corrected chi connectivity index (χ1v) is 18.0. The molecular weight excluding hydrogens is 556 g/mol. The van der Waals surface area contributed by atoms with E-state index in [9.17, 15) is 4.79 Å². The minimum Gasteiger partial charge on any atom is -0.457 e. The molecule has 2 aromatic rings. The predicted octanol–water partition coefficient (Wildman–Crippen LogP) is 7.44. The van der Waals surface area contributed by atoms with Crippen molar-refractivity contribution in [1.29, 1.82) is 0 Å². The number of hydrogen-bond donors (Lipinski definition) is 1. The largest absolute Gasteiger partial charge is 0.457 e. The Morgan fingerprint density at radius 2 is 1.71 bits per heavy atom. The predicted molar refractivity (Wildman–Crippen MR) is 174 cm³/mol. The molecule has 236 valence electrons. The highest BCUT2D eigenvalue weighted by Crippen LogP contribution is 2.93. The van der Waals surface area contributed by atoms with Gasteiger partial charge < -0.3 is 15.2 Å². The van der Waals surface area contributed by atoms with Gasteiger partial charge in [0, 0.05) is 42.4 Å². The van der Waals surface area contributed by atoms with Gasteiger partial charge in [0.25, 0.3) is 0 Å². The van der Waals surface area contributed by atoms with Crippen molar-refractivity contribution < 1.29 is 14.3 Å². The number of rotatable bonds is 4. The highest BCUT2D eigenvalue weighted by atomic mass is 16.5. The van der Waals surface area contributed by atoms with Crippen molar-refractivity contribution in [2.24, 2.45) is 45.7 Å². The summed E-state index contributed by atoms with van der Waals surface area (Å²) in [6, 6.07) is 19.3. The summed E-state index contributed by atoms with van der Waals surface area (Å²) < 4.78 is 13.6. The first kappa shape index (κ1) is 27.6. The molecule has 10 rings (SSSR count). The zero-order valence-electron chi connectivity index (χ0n) is 27.0. The van der Waals surface area contributed by atoms with E-state index in [1.165, 1.54) is 43.2 Å². The number of nitrogens with zero attached hydrogens (tertiary/aromatic N) is 1. The van der Waals surface area contributed by atoms with Gasteiger partial charge in [-0.15, -0.1) is 0 Å². The van der Waals surface area contributed by atoms with Crippen LogP contribution in [0.4, 0.5) is 0 Å². The average molecular weight is 605 g/mol. The van der Waals surface area contributed by atoms with Crippen molar-refractivity contribution in [2.45, 2.75) is 108 Å². The Balaban J connectivity index is 0.916. The Hall–Kier alpha value is -2.47. The minimum atomic E-state index is -0.0580. The Morgan fingerprint density at radius 1 is 0.933 bits per heavy atom. The van der Waals surface area contributed by atoms with Gasteiger partial charge in [0.2, 0.25) is 0 Å². The van der Waals surface area contributed by atoms with Gasteiger partial charge in [0.05, 0.1) is 11.7 Å². The molecule has 0 aromatic heterocycles. The topological polar surface area (TPSA) is 64.8 Å². The number of nitrogens with two attached hydrogens (primary N) is 1. The minimum absolute atomic E-state index is 0.0243. The van der Waals surface area contributed by atoms with Crippen molar-refractivity contribution in [1.82, 2.24) is 4.90 Å². The molecule has 0 amide bonds. The number of ketones is 1. The van der Waals surface area contributed by atoms with Crippen LogP contribution in [-0.2, 0) is 16.1 Å². The number of likely N-dealkylation sites (tertiary alicyclic amines) is 1. The molecule has 7 fully saturated rings. The van der Waals surface area contributed by atoms with Crippen molar-refractivity contribution in [3.63, 3.8) is 0 Å². The third-order valence-corrected chi connectivity index (χ3v) is 15.4. The summed E-state index contributed by atoms with van der Waals surface area (Å²) in [5.74, 6) is 4.59. The van der Waals surface area contributed by atoms with E-state index >= 15 is 0 Å². The number of benzene rings is 2. The Labute approximate surface area is 267 Å². The van der Waals surface area contributed by atoms with Gasteiger partial charge in [0.1, 0.15) is 11.5 Å². The van der Waals surface area contributed by atoms with Gasteiger partial charge in [-0.2, -0.15) is 0 Å². The molecule has 11 atom stereocenters. The number of carbonyl (C=O) groups excluding carboxylic acids is 1. The van der Waals surface area contributed by atoms with Gasteiger partial charge in [-0.05, 0) is 122 Å². The summed E-state index contributed by atoms with van der Waals surface area (Å²) in [5.41, 5.74) is 11.2. The van der Waals surface area contributed by atoms with Crippen molar-refractivity contribution in [3.05, 3.63) is 71.8 Å². The van der Waals surface area contributed by atoms with Crippen LogP contribution in [0.5, 0.6) is 11.5 Å². The van der Waals surface area contributed by atoms with Crippen LogP contribution in [0.2, 0.25) is 0 Å². The highest BCUT2D eigenvalue weighted by molar-refractivity contribution is 5.91. The molecule has 2 unspecified atom stereocenters. The third kappa shape index (κ3) is 3.33. The molecular formula is C40H48N2O3. The van der Waals surface area contributed by atoms with Crippen LogP contribution in [0.3, 0.4) is 0 Å².